The topological polar surface area (TPSA) is 72.2 Å². The van der Waals surface area contributed by atoms with E-state index in [1.165, 1.54) is 0 Å². The zero-order valence-corrected chi connectivity index (χ0v) is 17.1. The molecule has 0 aliphatic carbocycles. The number of benzene rings is 1. The lowest BCUT2D eigenvalue weighted by Crippen LogP contribution is -2.35. The van der Waals surface area contributed by atoms with Gasteiger partial charge in [-0.25, -0.2) is 13.4 Å². The Hall–Kier alpha value is -1.11. The fourth-order valence-electron chi connectivity index (χ4n) is 2.80. The number of aromatic nitrogens is 1. The fourth-order valence-corrected chi connectivity index (χ4v) is 5.21. The molecule has 0 radical (unpaired) electrons. The van der Waals surface area contributed by atoms with E-state index >= 15 is 0 Å². The number of oxazole rings is 1. The molecule has 25 heavy (non-hydrogen) atoms. The minimum atomic E-state index is -3.56. The Morgan fingerprint density at radius 2 is 1.80 bits per heavy atom. The highest BCUT2D eigenvalue weighted by Crippen LogP contribution is 2.36. The Morgan fingerprint density at radius 1 is 1.20 bits per heavy atom. The maximum atomic E-state index is 13.1. The number of hydrogen-bond donors (Lipinski definition) is 1. The third kappa shape index (κ3) is 4.01. The van der Waals surface area contributed by atoms with Gasteiger partial charge >= 0.3 is 0 Å². The summed E-state index contributed by atoms with van der Waals surface area (Å²) in [5.74, 6) is 0.511. The van der Waals surface area contributed by atoms with Crippen LogP contribution in [0.4, 0.5) is 0 Å². The zero-order valence-electron chi connectivity index (χ0n) is 15.5. The summed E-state index contributed by atoms with van der Waals surface area (Å²) in [4.78, 5) is 4.53. The van der Waals surface area contributed by atoms with E-state index in [0.717, 1.165) is 0 Å². The van der Waals surface area contributed by atoms with Crippen LogP contribution in [0, 0.1) is 0 Å². The van der Waals surface area contributed by atoms with Gasteiger partial charge < -0.3 is 9.73 Å². The van der Waals surface area contributed by atoms with Gasteiger partial charge in [-0.15, -0.1) is 0 Å². The quantitative estimate of drug-likeness (QED) is 0.831. The van der Waals surface area contributed by atoms with Crippen molar-refractivity contribution < 1.29 is 12.8 Å². The fraction of sp³-hybridized carbons (Fsp3) is 0.611. The maximum Gasteiger partial charge on any atom is 0.200 e. The lowest BCUT2D eigenvalue weighted by atomic mass is 9.97. The predicted molar refractivity (Wildman–Crippen MR) is 102 cm³/mol. The molecule has 1 aromatic carbocycles. The first-order valence-corrected chi connectivity index (χ1v) is 10.7. The zero-order chi connectivity index (χ0) is 18.8. The van der Waals surface area contributed by atoms with Crippen molar-refractivity contribution in [2.45, 2.75) is 63.0 Å². The summed E-state index contributed by atoms with van der Waals surface area (Å²) in [5.41, 5.74) is 0.508. The summed E-state index contributed by atoms with van der Waals surface area (Å²) < 4.78 is 32.0. The van der Waals surface area contributed by atoms with E-state index in [-0.39, 0.29) is 20.9 Å². The average molecular weight is 387 g/mol. The van der Waals surface area contributed by atoms with Gasteiger partial charge in [0.25, 0.3) is 0 Å². The normalized spacial score (nSPS) is 16.6. The number of sulfone groups is 1. The first kappa shape index (κ1) is 20.2. The van der Waals surface area contributed by atoms with Gasteiger partial charge in [0, 0.05) is 5.41 Å². The molecule has 1 aliphatic heterocycles. The second-order valence-corrected chi connectivity index (χ2v) is 9.56. The summed E-state index contributed by atoms with van der Waals surface area (Å²) >= 11 is 6.25. The minimum Gasteiger partial charge on any atom is -0.439 e. The molecular formula is C18H27ClN2O3S. The third-order valence-corrected chi connectivity index (χ3v) is 6.87. The molecule has 1 fully saturated rings. The highest BCUT2D eigenvalue weighted by Gasteiger charge is 2.34. The van der Waals surface area contributed by atoms with Crippen molar-refractivity contribution in [3.8, 4) is 0 Å². The summed E-state index contributed by atoms with van der Waals surface area (Å²) in [6.45, 7) is 11.3. The molecule has 140 valence electrons. The van der Waals surface area contributed by atoms with Crippen molar-refractivity contribution in [1.82, 2.24) is 10.3 Å². The number of piperidine rings is 1. The van der Waals surface area contributed by atoms with Gasteiger partial charge in [0.05, 0.1) is 10.3 Å². The van der Waals surface area contributed by atoms with Crippen LogP contribution in [0.3, 0.4) is 0 Å². The lowest BCUT2D eigenvalue weighted by Gasteiger charge is -2.23. The number of fused-ring (bicyclic) bond motifs is 1. The molecule has 1 N–H and O–H groups in total. The Labute approximate surface area is 155 Å². The Morgan fingerprint density at radius 3 is 2.36 bits per heavy atom. The molecule has 1 aliphatic rings. The molecule has 0 unspecified atom stereocenters. The molecule has 7 heteroatoms. The third-order valence-electron chi connectivity index (χ3n) is 4.12. The molecule has 0 amide bonds. The maximum absolute atomic E-state index is 13.1. The van der Waals surface area contributed by atoms with E-state index in [2.05, 4.69) is 10.3 Å². The summed E-state index contributed by atoms with van der Waals surface area (Å²) in [6.07, 6.45) is 1.16. The molecule has 3 rings (SSSR count). The Balaban J connectivity index is 0.00000109. The number of hydrogen-bond acceptors (Lipinski definition) is 5. The van der Waals surface area contributed by atoms with Crippen LogP contribution in [0.15, 0.2) is 21.4 Å². The summed E-state index contributed by atoms with van der Waals surface area (Å²) in [5, 5.41) is 2.95. The van der Waals surface area contributed by atoms with Crippen LogP contribution in [0.1, 0.15) is 53.4 Å². The molecule has 1 aromatic heterocycles. The first-order valence-electron chi connectivity index (χ1n) is 8.75. The molecule has 1 saturated heterocycles. The van der Waals surface area contributed by atoms with Crippen LogP contribution >= 0.6 is 11.6 Å². The molecule has 0 bridgehead atoms. The number of nitrogens with zero attached hydrogens (tertiary/aromatic N) is 1. The van der Waals surface area contributed by atoms with E-state index in [9.17, 15) is 8.42 Å². The Kier molecular flexibility index (Phi) is 6.17. The van der Waals surface area contributed by atoms with Crippen LogP contribution in [-0.2, 0) is 15.3 Å². The SMILES string of the molecule is CC.CC(C)(C)c1nc2ccc(Cl)c(S(=O)(=O)C3CCNCC3)c2o1. The molecule has 0 spiro atoms. The number of halogens is 1. The van der Waals surface area contributed by atoms with Gasteiger partial charge in [0.15, 0.2) is 15.4 Å². The van der Waals surface area contributed by atoms with Crippen LogP contribution in [0.25, 0.3) is 11.1 Å². The monoisotopic (exact) mass is 386 g/mol. The van der Waals surface area contributed by atoms with Crippen molar-refractivity contribution in [3.63, 3.8) is 0 Å². The van der Waals surface area contributed by atoms with Crippen molar-refractivity contribution in [2.24, 2.45) is 0 Å². The highest BCUT2D eigenvalue weighted by atomic mass is 35.5. The van der Waals surface area contributed by atoms with Crippen LogP contribution < -0.4 is 5.32 Å². The number of rotatable bonds is 2. The van der Waals surface area contributed by atoms with E-state index in [4.69, 9.17) is 16.0 Å². The van der Waals surface area contributed by atoms with Gasteiger partial charge in [0.2, 0.25) is 5.89 Å². The van der Waals surface area contributed by atoms with Gasteiger partial charge in [-0.05, 0) is 38.1 Å². The van der Waals surface area contributed by atoms with Gasteiger partial charge in [-0.3, -0.25) is 0 Å². The van der Waals surface area contributed by atoms with Crippen LogP contribution in [0.2, 0.25) is 5.02 Å². The van der Waals surface area contributed by atoms with E-state index in [0.29, 0.717) is 37.3 Å². The van der Waals surface area contributed by atoms with E-state index in [1.807, 2.05) is 34.6 Å². The molecule has 2 aromatic rings. The van der Waals surface area contributed by atoms with Crippen molar-refractivity contribution in [2.75, 3.05) is 13.1 Å². The minimum absolute atomic E-state index is 0.0894. The van der Waals surface area contributed by atoms with Crippen LogP contribution in [-0.4, -0.2) is 31.7 Å². The summed E-state index contributed by atoms with van der Waals surface area (Å²) in [6, 6.07) is 3.30. The average Bonchev–Trinajstić information content (AvgIpc) is 3.01. The summed E-state index contributed by atoms with van der Waals surface area (Å²) in [7, 11) is -3.56. The van der Waals surface area contributed by atoms with Gasteiger partial charge in [0.1, 0.15) is 10.4 Å². The molecule has 2 heterocycles. The molecule has 0 saturated carbocycles. The van der Waals surface area contributed by atoms with E-state index < -0.39 is 15.1 Å². The molecule has 5 nitrogen and oxygen atoms in total. The molecular weight excluding hydrogens is 360 g/mol. The Bertz CT molecular complexity index is 832. The second kappa shape index (κ2) is 7.64. The van der Waals surface area contributed by atoms with Gasteiger partial charge in [-0.2, -0.15) is 0 Å². The van der Waals surface area contributed by atoms with Crippen LogP contribution in [0.5, 0.6) is 0 Å². The highest BCUT2D eigenvalue weighted by molar-refractivity contribution is 7.92. The number of nitrogens with one attached hydrogen (secondary N) is 1. The standard InChI is InChI=1S/C16H21ClN2O3S.C2H6/c1-16(2,3)15-19-12-5-4-11(17)14(13(12)22-15)23(20,21)10-6-8-18-9-7-10;1-2/h4-5,10,18H,6-9H2,1-3H3;1-2H3. The van der Waals surface area contributed by atoms with E-state index in [1.54, 1.807) is 12.1 Å². The lowest BCUT2D eigenvalue weighted by molar-refractivity contribution is 0.408. The largest absolute Gasteiger partial charge is 0.439 e. The first-order chi connectivity index (χ1) is 11.7. The molecule has 0 atom stereocenters. The van der Waals surface area contributed by atoms with Crippen molar-refractivity contribution >= 4 is 32.5 Å². The smallest absolute Gasteiger partial charge is 0.200 e. The van der Waals surface area contributed by atoms with Crippen molar-refractivity contribution in [3.05, 3.63) is 23.0 Å². The predicted octanol–water partition coefficient (Wildman–Crippen LogP) is 4.33. The van der Waals surface area contributed by atoms with Gasteiger partial charge in [-0.1, -0.05) is 46.2 Å². The van der Waals surface area contributed by atoms with Crippen molar-refractivity contribution in [1.29, 1.82) is 0 Å². The second-order valence-electron chi connectivity index (χ2n) is 6.99.